The van der Waals surface area contributed by atoms with Gasteiger partial charge in [0, 0.05) is 40.6 Å². The molecule has 5 aromatic rings. The Hall–Kier alpha value is -4.28. The monoisotopic (exact) mass is 600 g/mol. The van der Waals surface area contributed by atoms with E-state index in [1.54, 1.807) is 48.7 Å². The maximum Gasteiger partial charge on any atom is 0.263 e. The number of pyridine rings is 2. The Balaban J connectivity index is 1.59. The third-order valence-electron chi connectivity index (χ3n) is 7.64. The van der Waals surface area contributed by atoms with Crippen LogP contribution in [0.2, 0.25) is 0 Å². The summed E-state index contributed by atoms with van der Waals surface area (Å²) in [4.78, 5) is 18.0. The molecule has 0 amide bonds. The van der Waals surface area contributed by atoms with E-state index in [1.165, 1.54) is 0 Å². The summed E-state index contributed by atoms with van der Waals surface area (Å²) in [7, 11) is -4.01. The van der Waals surface area contributed by atoms with Gasteiger partial charge in [-0.05, 0) is 68.5 Å². The van der Waals surface area contributed by atoms with E-state index in [9.17, 15) is 13.2 Å². The molecule has 43 heavy (non-hydrogen) atoms. The van der Waals surface area contributed by atoms with Crippen LogP contribution in [-0.4, -0.2) is 29.7 Å². The number of ether oxygens (including phenoxy) is 1. The molecule has 0 aliphatic heterocycles. The van der Waals surface area contributed by atoms with E-state index in [0.29, 0.717) is 30.0 Å². The Kier molecular flexibility index (Phi) is 8.79. The minimum Gasteiger partial charge on any atom is -0.377 e. The third-order valence-corrected chi connectivity index (χ3v) is 9.04. The largest absolute Gasteiger partial charge is 0.377 e. The fourth-order valence-electron chi connectivity index (χ4n) is 5.17. The lowest BCUT2D eigenvalue weighted by Gasteiger charge is -2.17. The lowest BCUT2D eigenvalue weighted by molar-refractivity contribution is 0.134. The number of rotatable bonds is 11. The highest BCUT2D eigenvalue weighted by molar-refractivity contribution is 7.92. The molecule has 224 valence electrons. The summed E-state index contributed by atoms with van der Waals surface area (Å²) >= 11 is 0. The van der Waals surface area contributed by atoms with E-state index in [1.807, 2.05) is 37.3 Å². The van der Waals surface area contributed by atoms with Crippen molar-refractivity contribution in [2.75, 3.05) is 11.3 Å². The minimum atomic E-state index is -4.01. The number of nitrogens with zero attached hydrogens (tertiary/aromatic N) is 3. The van der Waals surface area contributed by atoms with E-state index < -0.39 is 10.0 Å². The van der Waals surface area contributed by atoms with Gasteiger partial charge in [0.1, 0.15) is 5.76 Å². The first kappa shape index (κ1) is 30.2. The number of anilines is 1. The van der Waals surface area contributed by atoms with Crippen LogP contribution in [0.3, 0.4) is 0 Å². The first-order chi connectivity index (χ1) is 20.7. The zero-order valence-electron chi connectivity index (χ0n) is 25.1. The molecule has 3 aromatic heterocycles. The van der Waals surface area contributed by atoms with Crippen molar-refractivity contribution in [3.05, 3.63) is 105 Å². The molecule has 0 aliphatic rings. The van der Waals surface area contributed by atoms with Crippen molar-refractivity contribution in [1.29, 1.82) is 0 Å². The van der Waals surface area contributed by atoms with Crippen molar-refractivity contribution in [2.45, 2.75) is 65.5 Å². The predicted octanol–water partition coefficient (Wildman–Crippen LogP) is 6.18. The molecule has 1 N–H and O–H groups in total. The maximum absolute atomic E-state index is 13.6. The SMILES string of the molecule is CCOCc1cc(Cn2c(=O)ccc3c(CC)nc(CC)cc32)ccc1-c1ccccc1S(=O)(=O)Nc1noc(C)c1C. The summed E-state index contributed by atoms with van der Waals surface area (Å²) in [6.45, 7) is 10.6. The smallest absolute Gasteiger partial charge is 0.263 e. The van der Waals surface area contributed by atoms with Crippen molar-refractivity contribution in [2.24, 2.45) is 0 Å². The molecule has 0 atom stereocenters. The van der Waals surface area contributed by atoms with E-state index in [4.69, 9.17) is 14.2 Å². The molecule has 0 aliphatic carbocycles. The normalized spacial score (nSPS) is 11.7. The quantitative estimate of drug-likeness (QED) is 0.192. The lowest BCUT2D eigenvalue weighted by atomic mass is 9.97. The van der Waals surface area contributed by atoms with E-state index in [2.05, 4.69) is 23.7 Å². The van der Waals surface area contributed by atoms with Crippen LogP contribution >= 0.6 is 0 Å². The van der Waals surface area contributed by atoms with E-state index in [-0.39, 0.29) is 22.9 Å². The van der Waals surface area contributed by atoms with Crippen LogP contribution in [0.15, 0.2) is 74.9 Å². The van der Waals surface area contributed by atoms with Crippen LogP contribution in [0.5, 0.6) is 0 Å². The molecule has 9 nitrogen and oxygen atoms in total. The Morgan fingerprint density at radius 1 is 0.953 bits per heavy atom. The maximum atomic E-state index is 13.6. The summed E-state index contributed by atoms with van der Waals surface area (Å²) in [6.07, 6.45) is 1.54. The second-order valence-corrected chi connectivity index (χ2v) is 12.1. The van der Waals surface area contributed by atoms with Crippen LogP contribution in [0.25, 0.3) is 22.0 Å². The molecule has 2 aromatic carbocycles. The summed E-state index contributed by atoms with van der Waals surface area (Å²) in [5.41, 5.74) is 6.26. The number of nitrogens with one attached hydrogen (secondary N) is 1. The summed E-state index contributed by atoms with van der Waals surface area (Å²) in [6, 6.07) is 18.1. The van der Waals surface area contributed by atoms with Gasteiger partial charge in [-0.25, -0.2) is 8.42 Å². The third kappa shape index (κ3) is 6.11. The van der Waals surface area contributed by atoms with Gasteiger partial charge in [0.2, 0.25) is 0 Å². The Labute approximate surface area is 251 Å². The standard InChI is InChI=1S/C33H36N4O5S/c1-6-25-18-30-28(29(7-2)34-25)15-16-32(38)37(30)19-23-13-14-26(24(17-23)20-41-8-3)27-11-9-10-12-31(27)43(39,40)36-33-21(4)22(5)42-35-33/h9-18H,6-8,19-20H2,1-5H3,(H,35,36). The zero-order valence-corrected chi connectivity index (χ0v) is 25.9. The van der Waals surface area contributed by atoms with Gasteiger partial charge >= 0.3 is 0 Å². The van der Waals surface area contributed by atoms with Gasteiger partial charge in [-0.15, -0.1) is 0 Å². The summed E-state index contributed by atoms with van der Waals surface area (Å²) in [5.74, 6) is 0.698. The van der Waals surface area contributed by atoms with Gasteiger partial charge in [-0.2, -0.15) is 0 Å². The molecule has 0 saturated heterocycles. The number of hydrogen-bond acceptors (Lipinski definition) is 7. The van der Waals surface area contributed by atoms with Crippen molar-refractivity contribution in [3.8, 4) is 11.1 Å². The number of benzene rings is 2. The molecule has 0 radical (unpaired) electrons. The molecule has 10 heteroatoms. The van der Waals surface area contributed by atoms with Gasteiger partial charge in [-0.3, -0.25) is 14.5 Å². The summed E-state index contributed by atoms with van der Waals surface area (Å²) < 4.78 is 42.5. The number of sulfonamides is 1. The summed E-state index contributed by atoms with van der Waals surface area (Å²) in [5, 5.41) is 4.84. The first-order valence-corrected chi connectivity index (χ1v) is 15.9. The minimum absolute atomic E-state index is 0.0980. The second-order valence-electron chi connectivity index (χ2n) is 10.4. The number of hydrogen-bond donors (Lipinski definition) is 1. The zero-order chi connectivity index (χ0) is 30.7. The van der Waals surface area contributed by atoms with Gasteiger partial charge in [0.05, 0.1) is 23.6 Å². The average molecular weight is 601 g/mol. The van der Waals surface area contributed by atoms with Crippen molar-refractivity contribution in [1.82, 2.24) is 14.7 Å². The number of aryl methyl sites for hydroxylation is 3. The van der Waals surface area contributed by atoms with Crippen LogP contribution < -0.4 is 10.3 Å². The number of aromatic nitrogens is 3. The Morgan fingerprint density at radius 3 is 2.44 bits per heavy atom. The highest BCUT2D eigenvalue weighted by atomic mass is 32.2. The molecule has 0 fully saturated rings. The number of fused-ring (bicyclic) bond motifs is 1. The molecular formula is C33H36N4O5S. The molecule has 5 rings (SSSR count). The second kappa shape index (κ2) is 12.5. The fraction of sp³-hybridized carbons (Fsp3) is 0.303. The molecule has 0 unspecified atom stereocenters. The van der Waals surface area contributed by atoms with Gasteiger partial charge < -0.3 is 13.8 Å². The Bertz CT molecular complexity index is 1960. The van der Waals surface area contributed by atoms with Crippen LogP contribution in [0.4, 0.5) is 5.82 Å². The molecule has 0 spiro atoms. The van der Waals surface area contributed by atoms with Gasteiger partial charge in [0.15, 0.2) is 5.82 Å². The highest BCUT2D eigenvalue weighted by Gasteiger charge is 2.24. The molecule has 0 bridgehead atoms. The van der Waals surface area contributed by atoms with E-state index >= 15 is 0 Å². The van der Waals surface area contributed by atoms with Crippen molar-refractivity contribution in [3.63, 3.8) is 0 Å². The highest BCUT2D eigenvalue weighted by Crippen LogP contribution is 2.33. The van der Waals surface area contributed by atoms with Crippen molar-refractivity contribution >= 4 is 26.7 Å². The molecule has 3 heterocycles. The van der Waals surface area contributed by atoms with Gasteiger partial charge in [-0.1, -0.05) is 55.4 Å². The molecular weight excluding hydrogens is 564 g/mol. The lowest BCUT2D eigenvalue weighted by Crippen LogP contribution is -2.21. The van der Waals surface area contributed by atoms with E-state index in [0.717, 1.165) is 51.8 Å². The first-order valence-electron chi connectivity index (χ1n) is 14.4. The van der Waals surface area contributed by atoms with Crippen molar-refractivity contribution < 1.29 is 17.7 Å². The van der Waals surface area contributed by atoms with Crippen LogP contribution in [0.1, 0.15) is 54.6 Å². The van der Waals surface area contributed by atoms with Gasteiger partial charge in [0.25, 0.3) is 15.6 Å². The predicted molar refractivity (Wildman–Crippen MR) is 168 cm³/mol. The molecule has 0 saturated carbocycles. The topological polar surface area (TPSA) is 116 Å². The Morgan fingerprint density at radius 2 is 1.74 bits per heavy atom. The fourth-order valence-corrected chi connectivity index (χ4v) is 6.45. The van der Waals surface area contributed by atoms with Crippen LogP contribution in [-0.2, 0) is 40.8 Å². The van der Waals surface area contributed by atoms with Crippen LogP contribution in [0, 0.1) is 13.8 Å². The average Bonchev–Trinajstić information content (AvgIpc) is 3.32.